The highest BCUT2D eigenvalue weighted by molar-refractivity contribution is 9.10. The standard InChI is InChI=1S/C12H10BrN3S/c1-8-2-3-9(6-14)12(16-8)15-7-11-10(13)4-5-17-11/h2-5H,7H2,1H3,(H,15,16). The Morgan fingerprint density at radius 2 is 2.29 bits per heavy atom. The fourth-order valence-electron chi connectivity index (χ4n) is 1.40. The van der Waals surface area contributed by atoms with Crippen molar-refractivity contribution in [2.75, 3.05) is 5.32 Å². The van der Waals surface area contributed by atoms with Crippen LogP contribution in [0.15, 0.2) is 28.1 Å². The Hall–Kier alpha value is -1.38. The molecule has 0 atom stereocenters. The van der Waals surface area contributed by atoms with Gasteiger partial charge in [0.15, 0.2) is 0 Å². The van der Waals surface area contributed by atoms with Crippen molar-refractivity contribution in [3.05, 3.63) is 44.2 Å². The molecule has 0 bridgehead atoms. The molecule has 0 unspecified atom stereocenters. The fourth-order valence-corrected chi connectivity index (χ4v) is 2.83. The van der Waals surface area contributed by atoms with E-state index in [2.05, 4.69) is 32.3 Å². The summed E-state index contributed by atoms with van der Waals surface area (Å²) in [5.74, 6) is 0.646. The second kappa shape index (κ2) is 5.30. The number of aryl methyl sites for hydroxylation is 1. The van der Waals surface area contributed by atoms with E-state index in [-0.39, 0.29) is 0 Å². The Balaban J connectivity index is 2.17. The number of hydrogen-bond acceptors (Lipinski definition) is 4. The SMILES string of the molecule is Cc1ccc(C#N)c(NCc2sccc2Br)n1. The second-order valence-corrected chi connectivity index (χ2v) is 5.36. The van der Waals surface area contributed by atoms with E-state index in [9.17, 15) is 0 Å². The highest BCUT2D eigenvalue weighted by atomic mass is 79.9. The molecule has 0 saturated heterocycles. The molecule has 0 aliphatic heterocycles. The molecule has 2 heterocycles. The highest BCUT2D eigenvalue weighted by Crippen LogP contribution is 2.24. The number of nitrogens with one attached hydrogen (secondary N) is 1. The van der Waals surface area contributed by atoms with Gasteiger partial charge in [0.25, 0.3) is 0 Å². The number of pyridine rings is 1. The van der Waals surface area contributed by atoms with Crippen LogP contribution in [0.25, 0.3) is 0 Å². The summed E-state index contributed by atoms with van der Waals surface area (Å²) in [5.41, 5.74) is 1.47. The molecule has 0 spiro atoms. The first-order valence-electron chi connectivity index (χ1n) is 5.04. The van der Waals surface area contributed by atoms with E-state index < -0.39 is 0 Å². The summed E-state index contributed by atoms with van der Waals surface area (Å²) in [6, 6.07) is 7.77. The van der Waals surface area contributed by atoms with Crippen LogP contribution < -0.4 is 5.32 Å². The summed E-state index contributed by atoms with van der Waals surface area (Å²) < 4.78 is 1.08. The van der Waals surface area contributed by atoms with Gasteiger partial charge in [-0.25, -0.2) is 4.98 Å². The van der Waals surface area contributed by atoms with E-state index in [4.69, 9.17) is 5.26 Å². The molecule has 2 aromatic rings. The van der Waals surface area contributed by atoms with Gasteiger partial charge in [-0.2, -0.15) is 5.26 Å². The van der Waals surface area contributed by atoms with Crippen molar-refractivity contribution < 1.29 is 0 Å². The number of anilines is 1. The average Bonchev–Trinajstić information content (AvgIpc) is 2.72. The minimum absolute atomic E-state index is 0.572. The van der Waals surface area contributed by atoms with Crippen LogP contribution in [0.5, 0.6) is 0 Å². The van der Waals surface area contributed by atoms with Crippen LogP contribution in [0.4, 0.5) is 5.82 Å². The van der Waals surface area contributed by atoms with Crippen molar-refractivity contribution in [3.8, 4) is 6.07 Å². The molecule has 2 rings (SSSR count). The zero-order chi connectivity index (χ0) is 12.3. The van der Waals surface area contributed by atoms with E-state index in [1.165, 1.54) is 4.88 Å². The van der Waals surface area contributed by atoms with Crippen molar-refractivity contribution in [1.29, 1.82) is 5.26 Å². The number of hydrogen-bond donors (Lipinski definition) is 1. The Morgan fingerprint density at radius 1 is 1.47 bits per heavy atom. The number of nitriles is 1. The fraction of sp³-hybridized carbons (Fsp3) is 0.167. The summed E-state index contributed by atoms with van der Waals surface area (Å²) in [7, 11) is 0. The van der Waals surface area contributed by atoms with Crippen LogP contribution in [0.1, 0.15) is 16.1 Å². The quantitative estimate of drug-likeness (QED) is 0.940. The topological polar surface area (TPSA) is 48.7 Å². The molecule has 0 fully saturated rings. The van der Waals surface area contributed by atoms with Gasteiger partial charge >= 0.3 is 0 Å². The first kappa shape index (κ1) is 12.1. The monoisotopic (exact) mass is 307 g/mol. The normalized spacial score (nSPS) is 9.94. The molecular weight excluding hydrogens is 298 g/mol. The van der Waals surface area contributed by atoms with E-state index in [0.717, 1.165) is 10.2 Å². The van der Waals surface area contributed by atoms with Gasteiger partial charge in [0, 0.05) is 15.0 Å². The zero-order valence-electron chi connectivity index (χ0n) is 9.20. The van der Waals surface area contributed by atoms with Gasteiger partial charge in [0.1, 0.15) is 11.9 Å². The van der Waals surface area contributed by atoms with E-state index >= 15 is 0 Å². The molecular formula is C12H10BrN3S. The molecule has 0 saturated carbocycles. The van der Waals surface area contributed by atoms with Crippen LogP contribution >= 0.6 is 27.3 Å². The first-order chi connectivity index (χ1) is 8.20. The lowest BCUT2D eigenvalue weighted by Gasteiger charge is -2.07. The Bertz CT molecular complexity index is 571. The molecule has 0 aliphatic carbocycles. The molecule has 0 amide bonds. The zero-order valence-corrected chi connectivity index (χ0v) is 11.6. The molecule has 3 nitrogen and oxygen atoms in total. The third kappa shape index (κ3) is 2.84. The number of nitrogens with zero attached hydrogens (tertiary/aromatic N) is 2. The Labute approximate surface area is 112 Å². The number of halogens is 1. The van der Waals surface area contributed by atoms with Crippen molar-refractivity contribution in [3.63, 3.8) is 0 Å². The summed E-state index contributed by atoms with van der Waals surface area (Å²) in [6.45, 7) is 2.58. The lowest BCUT2D eigenvalue weighted by atomic mass is 10.2. The van der Waals surface area contributed by atoms with Crippen molar-refractivity contribution in [2.45, 2.75) is 13.5 Å². The molecule has 0 aromatic carbocycles. The maximum atomic E-state index is 8.98. The summed E-state index contributed by atoms with van der Waals surface area (Å²) in [4.78, 5) is 5.52. The minimum atomic E-state index is 0.572. The summed E-state index contributed by atoms with van der Waals surface area (Å²) in [6.07, 6.45) is 0. The largest absolute Gasteiger partial charge is 0.364 e. The number of aromatic nitrogens is 1. The molecule has 5 heteroatoms. The lowest BCUT2D eigenvalue weighted by Crippen LogP contribution is -2.03. The van der Waals surface area contributed by atoms with Gasteiger partial charge in [0.2, 0.25) is 0 Å². The van der Waals surface area contributed by atoms with Crippen molar-refractivity contribution in [1.82, 2.24) is 4.98 Å². The van der Waals surface area contributed by atoms with Gasteiger partial charge in [-0.1, -0.05) is 0 Å². The molecule has 0 aliphatic rings. The molecule has 17 heavy (non-hydrogen) atoms. The average molecular weight is 308 g/mol. The first-order valence-corrected chi connectivity index (χ1v) is 6.71. The van der Waals surface area contributed by atoms with Crippen LogP contribution in [0.3, 0.4) is 0 Å². The van der Waals surface area contributed by atoms with Crippen LogP contribution in [-0.2, 0) is 6.54 Å². The van der Waals surface area contributed by atoms with E-state index in [1.807, 2.05) is 24.4 Å². The second-order valence-electron chi connectivity index (χ2n) is 3.51. The van der Waals surface area contributed by atoms with Gasteiger partial charge in [-0.15, -0.1) is 11.3 Å². The Morgan fingerprint density at radius 3 is 2.94 bits per heavy atom. The third-order valence-electron chi connectivity index (χ3n) is 2.26. The van der Waals surface area contributed by atoms with Crippen LogP contribution in [0.2, 0.25) is 0 Å². The van der Waals surface area contributed by atoms with Crippen LogP contribution in [-0.4, -0.2) is 4.98 Å². The van der Waals surface area contributed by atoms with Gasteiger partial charge in [-0.05, 0) is 46.4 Å². The van der Waals surface area contributed by atoms with Gasteiger partial charge < -0.3 is 5.32 Å². The smallest absolute Gasteiger partial charge is 0.144 e. The minimum Gasteiger partial charge on any atom is -0.364 e. The predicted octanol–water partition coefficient (Wildman–Crippen LogP) is 3.70. The summed E-state index contributed by atoms with van der Waals surface area (Å²) >= 11 is 5.14. The van der Waals surface area contributed by atoms with E-state index in [0.29, 0.717) is 17.9 Å². The highest BCUT2D eigenvalue weighted by Gasteiger charge is 2.05. The van der Waals surface area contributed by atoms with Crippen molar-refractivity contribution in [2.24, 2.45) is 0 Å². The Kier molecular flexibility index (Phi) is 3.77. The lowest BCUT2D eigenvalue weighted by molar-refractivity contribution is 1.10. The van der Waals surface area contributed by atoms with Crippen molar-refractivity contribution >= 4 is 33.1 Å². The molecule has 0 radical (unpaired) electrons. The molecule has 86 valence electrons. The predicted molar refractivity (Wildman–Crippen MR) is 73.0 cm³/mol. The number of rotatable bonds is 3. The maximum absolute atomic E-state index is 8.98. The molecule has 1 N–H and O–H groups in total. The third-order valence-corrected chi connectivity index (χ3v) is 4.19. The summed E-state index contributed by atoms with van der Waals surface area (Å²) in [5, 5.41) is 14.2. The van der Waals surface area contributed by atoms with E-state index in [1.54, 1.807) is 17.4 Å². The maximum Gasteiger partial charge on any atom is 0.144 e. The molecule has 2 aromatic heterocycles. The van der Waals surface area contributed by atoms with Crippen LogP contribution in [0, 0.1) is 18.3 Å². The van der Waals surface area contributed by atoms with Gasteiger partial charge in [-0.3, -0.25) is 0 Å². The van der Waals surface area contributed by atoms with Gasteiger partial charge in [0.05, 0.1) is 12.1 Å². The number of thiophene rings is 1.